The first-order valence-corrected chi connectivity index (χ1v) is 10.00. The predicted octanol–water partition coefficient (Wildman–Crippen LogP) is 2.72. The Hall–Kier alpha value is -1.16. The number of hydrogen-bond donors (Lipinski definition) is 2. The first-order chi connectivity index (χ1) is 12.4. The maximum atomic E-state index is 11.5. The van der Waals surface area contributed by atoms with Crippen molar-refractivity contribution in [2.24, 2.45) is 4.99 Å². The minimum Gasteiger partial charge on any atom is -0.484 e. The highest BCUT2D eigenvalue weighted by Gasteiger charge is 2.28. The summed E-state index contributed by atoms with van der Waals surface area (Å²) in [5, 5.41) is 6.16. The predicted molar refractivity (Wildman–Crippen MR) is 124 cm³/mol. The van der Waals surface area contributed by atoms with E-state index in [-0.39, 0.29) is 41.2 Å². The summed E-state index contributed by atoms with van der Waals surface area (Å²) < 4.78 is 5.79. The van der Waals surface area contributed by atoms with E-state index in [0.29, 0.717) is 18.8 Å². The number of carbonyl (C=O) groups excluding carboxylic acids is 1. The number of benzene rings is 1. The Morgan fingerprint density at radius 1 is 1.37 bits per heavy atom. The molecule has 2 rings (SSSR count). The van der Waals surface area contributed by atoms with Gasteiger partial charge in [-0.2, -0.15) is 11.8 Å². The van der Waals surface area contributed by atoms with Crippen molar-refractivity contribution in [3.63, 3.8) is 0 Å². The normalized spacial score (nSPS) is 16.3. The van der Waals surface area contributed by atoms with E-state index < -0.39 is 0 Å². The van der Waals surface area contributed by atoms with E-state index in [1.54, 1.807) is 0 Å². The first-order valence-electron chi connectivity index (χ1n) is 9.01. The highest BCUT2D eigenvalue weighted by molar-refractivity contribution is 14.0. The van der Waals surface area contributed by atoms with Gasteiger partial charge in [-0.05, 0) is 38.5 Å². The highest BCUT2D eigenvalue weighted by atomic mass is 127. The fraction of sp³-hybridized carbons (Fsp3) is 0.579. The van der Waals surface area contributed by atoms with Gasteiger partial charge in [0.15, 0.2) is 12.6 Å². The molecule has 6 nitrogen and oxygen atoms in total. The van der Waals surface area contributed by atoms with Crippen molar-refractivity contribution < 1.29 is 9.53 Å². The molecule has 0 radical (unpaired) electrons. The molecule has 0 saturated carbocycles. The molecule has 1 saturated heterocycles. The molecule has 0 spiro atoms. The Kier molecular flexibility index (Phi) is 10.3. The van der Waals surface area contributed by atoms with Crippen LogP contribution in [-0.4, -0.2) is 60.6 Å². The lowest BCUT2D eigenvalue weighted by atomic mass is 10.2. The zero-order valence-electron chi connectivity index (χ0n) is 16.6. The average Bonchev–Trinajstić information content (AvgIpc) is 2.60. The van der Waals surface area contributed by atoms with Crippen molar-refractivity contribution in [3.8, 4) is 5.75 Å². The number of thioether (sulfide) groups is 1. The van der Waals surface area contributed by atoms with Gasteiger partial charge in [-0.3, -0.25) is 9.79 Å². The van der Waals surface area contributed by atoms with E-state index in [1.165, 1.54) is 0 Å². The van der Waals surface area contributed by atoms with Crippen LogP contribution in [0.1, 0.15) is 26.3 Å². The van der Waals surface area contributed by atoms with Gasteiger partial charge in [0.1, 0.15) is 5.75 Å². The second-order valence-corrected chi connectivity index (χ2v) is 8.62. The number of nitrogens with one attached hydrogen (secondary N) is 2. The van der Waals surface area contributed by atoms with Gasteiger partial charge < -0.3 is 20.3 Å². The van der Waals surface area contributed by atoms with Gasteiger partial charge in [-0.1, -0.05) is 12.1 Å². The number of amides is 1. The molecule has 0 aliphatic carbocycles. The summed E-state index contributed by atoms with van der Waals surface area (Å²) in [4.78, 5) is 18.3. The van der Waals surface area contributed by atoms with Crippen molar-refractivity contribution in [2.45, 2.75) is 32.1 Å². The number of aliphatic imine (C=N–C) groups is 1. The molecule has 0 unspecified atom stereocenters. The van der Waals surface area contributed by atoms with Crippen molar-refractivity contribution in [1.29, 1.82) is 0 Å². The molecule has 0 aromatic heterocycles. The molecule has 0 atom stereocenters. The largest absolute Gasteiger partial charge is 0.484 e. The van der Waals surface area contributed by atoms with Crippen LogP contribution in [0.15, 0.2) is 29.3 Å². The molecule has 8 heteroatoms. The summed E-state index contributed by atoms with van der Waals surface area (Å²) in [6.45, 7) is 9.72. The number of hydrogen-bond acceptors (Lipinski definition) is 4. The maximum Gasteiger partial charge on any atom is 0.257 e. The van der Waals surface area contributed by atoms with Gasteiger partial charge >= 0.3 is 0 Å². The van der Waals surface area contributed by atoms with E-state index in [9.17, 15) is 4.79 Å². The van der Waals surface area contributed by atoms with E-state index in [0.717, 1.165) is 30.4 Å². The van der Waals surface area contributed by atoms with Gasteiger partial charge in [0.2, 0.25) is 0 Å². The molecule has 2 N–H and O–H groups in total. The lowest BCUT2D eigenvalue weighted by Crippen LogP contribution is -2.50. The molecular weight excluding hydrogens is 475 g/mol. The lowest BCUT2D eigenvalue weighted by Gasteiger charge is -2.39. The van der Waals surface area contributed by atoms with Gasteiger partial charge in [0, 0.05) is 43.7 Å². The summed E-state index contributed by atoms with van der Waals surface area (Å²) in [7, 11) is 1.82. The van der Waals surface area contributed by atoms with Gasteiger partial charge in [0.25, 0.3) is 5.91 Å². The second-order valence-electron chi connectivity index (χ2n) is 6.82. The fourth-order valence-electron chi connectivity index (χ4n) is 2.85. The number of guanidine groups is 1. The second kappa shape index (κ2) is 11.6. The third kappa shape index (κ3) is 8.16. The van der Waals surface area contributed by atoms with Crippen molar-refractivity contribution in [1.82, 2.24) is 15.5 Å². The van der Waals surface area contributed by atoms with E-state index in [2.05, 4.69) is 34.4 Å². The minimum atomic E-state index is -0.109. The van der Waals surface area contributed by atoms with E-state index in [4.69, 9.17) is 4.74 Å². The third-order valence-corrected chi connectivity index (χ3v) is 5.33. The van der Waals surface area contributed by atoms with Crippen LogP contribution in [0.4, 0.5) is 0 Å². The number of likely N-dealkylation sites (N-methyl/N-ethyl adjacent to an activating group) is 1. The molecule has 0 bridgehead atoms. The Labute approximate surface area is 183 Å². The van der Waals surface area contributed by atoms with Crippen molar-refractivity contribution in [3.05, 3.63) is 29.8 Å². The maximum absolute atomic E-state index is 11.5. The van der Waals surface area contributed by atoms with Crippen LogP contribution in [0.5, 0.6) is 5.75 Å². The molecule has 1 aromatic carbocycles. The number of nitrogens with zero attached hydrogens (tertiary/aromatic N) is 2. The summed E-state index contributed by atoms with van der Waals surface area (Å²) >= 11 is 2.01. The molecule has 1 aromatic rings. The van der Waals surface area contributed by atoms with Gasteiger partial charge in [-0.15, -0.1) is 24.0 Å². The summed E-state index contributed by atoms with van der Waals surface area (Å²) in [5.41, 5.74) is 1.09. The average molecular weight is 506 g/mol. The Balaban J connectivity index is 0.00000364. The van der Waals surface area contributed by atoms with Crippen LogP contribution in [-0.2, 0) is 11.3 Å². The third-order valence-electron chi connectivity index (χ3n) is 4.03. The van der Waals surface area contributed by atoms with Crippen molar-refractivity contribution >= 4 is 47.6 Å². The zero-order chi connectivity index (χ0) is 19.0. The number of carbonyl (C=O) groups is 1. The molecule has 1 heterocycles. The number of rotatable bonds is 6. The monoisotopic (exact) mass is 506 g/mol. The molecule has 152 valence electrons. The van der Waals surface area contributed by atoms with Crippen LogP contribution >= 0.6 is 35.7 Å². The Morgan fingerprint density at radius 3 is 2.81 bits per heavy atom. The molecule has 1 fully saturated rings. The van der Waals surface area contributed by atoms with Gasteiger partial charge in [-0.25, -0.2) is 0 Å². The van der Waals surface area contributed by atoms with Gasteiger partial charge in [0.05, 0.1) is 0 Å². The standard InChI is InChI=1S/C19H30N4O2S.HI/c1-5-21-17(24)13-25-16-8-6-7-15(11-16)12-22-18(20-4)23-9-10-26-19(2,3)14-23;/h6-8,11H,5,9-10,12-14H2,1-4H3,(H,20,22)(H,21,24);1H. The van der Waals surface area contributed by atoms with Crippen LogP contribution in [0.25, 0.3) is 0 Å². The minimum absolute atomic E-state index is 0. The Morgan fingerprint density at radius 2 is 2.15 bits per heavy atom. The smallest absolute Gasteiger partial charge is 0.257 e. The van der Waals surface area contributed by atoms with Crippen LogP contribution in [0, 0.1) is 0 Å². The van der Waals surface area contributed by atoms with E-state index in [1.807, 2.05) is 50.0 Å². The van der Waals surface area contributed by atoms with Crippen molar-refractivity contribution in [2.75, 3.05) is 39.0 Å². The highest BCUT2D eigenvalue weighted by Crippen LogP contribution is 2.29. The molecule has 1 aliphatic heterocycles. The lowest BCUT2D eigenvalue weighted by molar-refractivity contribution is -0.122. The molecule has 1 aliphatic rings. The summed E-state index contributed by atoms with van der Waals surface area (Å²) in [6.07, 6.45) is 0. The first kappa shape index (κ1) is 23.9. The van der Waals surface area contributed by atoms with E-state index >= 15 is 0 Å². The van der Waals surface area contributed by atoms with Crippen LogP contribution in [0.2, 0.25) is 0 Å². The molecule has 27 heavy (non-hydrogen) atoms. The number of ether oxygens (including phenoxy) is 1. The zero-order valence-corrected chi connectivity index (χ0v) is 19.7. The summed E-state index contributed by atoms with van der Waals surface area (Å²) in [6, 6.07) is 7.79. The number of halogens is 1. The van der Waals surface area contributed by atoms with Crippen LogP contribution in [0.3, 0.4) is 0 Å². The summed E-state index contributed by atoms with van der Waals surface area (Å²) in [5.74, 6) is 2.62. The topological polar surface area (TPSA) is 66.0 Å². The molecular formula is C19H31IN4O2S. The van der Waals surface area contributed by atoms with Crippen LogP contribution < -0.4 is 15.4 Å². The molecule has 1 amide bonds. The fourth-order valence-corrected chi connectivity index (χ4v) is 3.96. The Bertz CT molecular complexity index is 640. The quantitative estimate of drug-likeness (QED) is 0.353. The SMILES string of the molecule is CCNC(=O)COc1cccc(CNC(=NC)N2CCSC(C)(C)C2)c1.I.